The Hall–Kier alpha value is -4.60. The number of esters is 1. The van der Waals surface area contributed by atoms with Gasteiger partial charge in [-0.3, -0.25) is 9.69 Å². The second-order valence-corrected chi connectivity index (χ2v) is 10.5. The van der Waals surface area contributed by atoms with Crippen molar-refractivity contribution in [2.24, 2.45) is 0 Å². The van der Waals surface area contributed by atoms with Gasteiger partial charge < -0.3 is 14.0 Å². The highest BCUT2D eigenvalue weighted by atomic mass is 19.4. The zero-order valence-electron chi connectivity index (χ0n) is 22.7. The van der Waals surface area contributed by atoms with Crippen LogP contribution in [0.3, 0.4) is 0 Å². The quantitative estimate of drug-likeness (QED) is 0.235. The molecule has 216 valence electrons. The van der Waals surface area contributed by atoms with E-state index >= 15 is 0 Å². The Morgan fingerprint density at radius 3 is 2.36 bits per heavy atom. The second kappa shape index (κ2) is 10.7. The molecule has 1 saturated carbocycles. The molecule has 1 fully saturated rings. The van der Waals surface area contributed by atoms with Crippen LogP contribution in [0.15, 0.2) is 71.5 Å². The fourth-order valence-electron chi connectivity index (χ4n) is 5.54. The number of nitrogens with zero attached hydrogens (tertiary/aromatic N) is 2. The van der Waals surface area contributed by atoms with Crippen LogP contribution in [0.2, 0.25) is 0 Å². The van der Waals surface area contributed by atoms with Crippen LogP contribution in [-0.2, 0) is 35.3 Å². The lowest BCUT2D eigenvalue weighted by Gasteiger charge is -2.22. The van der Waals surface area contributed by atoms with E-state index in [0.717, 1.165) is 17.2 Å². The Labute approximate surface area is 239 Å². The number of halogens is 3. The fraction of sp³-hybridized carbons (Fsp3) is 0.281. The molecule has 0 radical (unpaired) electrons. The number of amides is 1. The van der Waals surface area contributed by atoms with Crippen LogP contribution in [0.1, 0.15) is 58.5 Å². The number of fused-ring (bicyclic) bond motifs is 2. The predicted octanol–water partition coefficient (Wildman–Crippen LogP) is 6.85. The molecule has 3 aromatic carbocycles. The minimum absolute atomic E-state index is 0.0217. The van der Waals surface area contributed by atoms with Crippen molar-refractivity contribution in [2.75, 3.05) is 6.61 Å². The largest absolute Gasteiger partial charge is 0.461 e. The average Bonchev–Trinajstić information content (AvgIpc) is 3.72. The van der Waals surface area contributed by atoms with Crippen molar-refractivity contribution in [1.29, 1.82) is 0 Å². The molecule has 1 aromatic heterocycles. The molecule has 0 spiro atoms. The molecule has 4 aromatic rings. The second-order valence-electron chi connectivity index (χ2n) is 10.5. The van der Waals surface area contributed by atoms with Gasteiger partial charge in [0.2, 0.25) is 0 Å². The summed E-state index contributed by atoms with van der Waals surface area (Å²) in [5.41, 5.74) is 0.380. The number of benzene rings is 3. The maximum atomic E-state index is 14.9. The van der Waals surface area contributed by atoms with E-state index in [1.165, 1.54) is 21.6 Å². The van der Waals surface area contributed by atoms with Gasteiger partial charge in [0.25, 0.3) is 0 Å². The summed E-state index contributed by atoms with van der Waals surface area (Å²) in [5.74, 6) is -0.835. The van der Waals surface area contributed by atoms with E-state index in [1.54, 1.807) is 25.1 Å². The molecular weight excluding hydrogens is 549 g/mol. The molecule has 7 nitrogen and oxygen atoms in total. The molecule has 2 heterocycles. The average molecular weight is 577 g/mol. The van der Waals surface area contributed by atoms with Gasteiger partial charge in [-0.05, 0) is 59.7 Å². The van der Waals surface area contributed by atoms with E-state index in [0.29, 0.717) is 24.0 Å². The van der Waals surface area contributed by atoms with Gasteiger partial charge in [-0.25, -0.2) is 9.59 Å². The van der Waals surface area contributed by atoms with Crippen molar-refractivity contribution >= 4 is 23.0 Å². The van der Waals surface area contributed by atoms with E-state index < -0.39 is 29.2 Å². The molecule has 42 heavy (non-hydrogen) atoms. The molecule has 0 saturated heterocycles. The number of hydrogen-bond acceptors (Lipinski definition) is 5. The van der Waals surface area contributed by atoms with Crippen molar-refractivity contribution in [3.63, 3.8) is 0 Å². The normalized spacial score (nSPS) is 14.6. The van der Waals surface area contributed by atoms with E-state index in [4.69, 9.17) is 9.47 Å². The van der Waals surface area contributed by atoms with E-state index in [9.17, 15) is 27.6 Å². The van der Waals surface area contributed by atoms with Crippen LogP contribution < -0.4 is 5.43 Å². The Morgan fingerprint density at radius 1 is 0.929 bits per heavy atom. The molecule has 0 unspecified atom stereocenters. The van der Waals surface area contributed by atoms with Gasteiger partial charge in [-0.1, -0.05) is 48.5 Å². The number of hydrogen-bond donors (Lipinski definition) is 0. The highest BCUT2D eigenvalue weighted by molar-refractivity contribution is 5.96. The maximum absolute atomic E-state index is 14.9. The summed E-state index contributed by atoms with van der Waals surface area (Å²) >= 11 is 0. The number of aromatic nitrogens is 1. The minimum atomic E-state index is -4.84. The van der Waals surface area contributed by atoms with Gasteiger partial charge in [0.15, 0.2) is 5.43 Å². The molecular formula is C32H27F3N2O5. The third-order valence-electron chi connectivity index (χ3n) is 7.59. The molecule has 6 rings (SSSR count). The zero-order chi connectivity index (χ0) is 29.6. The van der Waals surface area contributed by atoms with Crippen LogP contribution in [-0.4, -0.2) is 28.1 Å². The Bertz CT molecular complexity index is 1760. The van der Waals surface area contributed by atoms with Crippen molar-refractivity contribution in [2.45, 2.75) is 51.7 Å². The Morgan fingerprint density at radius 2 is 1.67 bits per heavy atom. The van der Waals surface area contributed by atoms with Crippen molar-refractivity contribution in [3.05, 3.63) is 105 Å². The van der Waals surface area contributed by atoms with Crippen molar-refractivity contribution in [3.8, 4) is 11.1 Å². The summed E-state index contributed by atoms with van der Waals surface area (Å²) in [6, 6.07) is 17.6. The van der Waals surface area contributed by atoms with Gasteiger partial charge in [-0.2, -0.15) is 13.2 Å². The minimum Gasteiger partial charge on any atom is -0.461 e. The molecule has 1 aliphatic carbocycles. The summed E-state index contributed by atoms with van der Waals surface area (Å²) in [6.45, 7) is 2.19. The molecule has 10 heteroatoms. The fourth-order valence-corrected chi connectivity index (χ4v) is 5.54. The third-order valence-corrected chi connectivity index (χ3v) is 7.59. The topological polar surface area (TPSA) is 77.8 Å². The number of ether oxygens (including phenoxy) is 2. The molecule has 2 aliphatic rings. The first-order valence-electron chi connectivity index (χ1n) is 13.7. The Balaban J connectivity index is 1.40. The SMILES string of the molecule is CCOC(=O)c1cc(=O)c2ccc(-c3ccc4c(c3)CN(C(=O)OCc3ccccc3)C4)c(C(F)(F)F)c2n1C1CC1. The highest BCUT2D eigenvalue weighted by Crippen LogP contribution is 2.46. The monoisotopic (exact) mass is 576 g/mol. The lowest BCUT2D eigenvalue weighted by atomic mass is 9.93. The van der Waals surface area contributed by atoms with Crippen LogP contribution >= 0.6 is 0 Å². The number of pyridine rings is 1. The standard InChI is InChI=1S/C32H27F3N2O5/c1-2-41-30(39)26-15-27(38)25-13-12-24(28(32(33,34)35)29(25)37(26)23-10-11-23)20-8-9-21-16-36(17-22(21)14-20)31(40)42-18-19-6-4-3-5-7-19/h3-9,12-15,23H,2,10-11,16-18H2,1H3. The Kier molecular flexibility index (Phi) is 7.00. The van der Waals surface area contributed by atoms with Crippen LogP contribution in [0, 0.1) is 0 Å². The summed E-state index contributed by atoms with van der Waals surface area (Å²) in [4.78, 5) is 40.0. The summed E-state index contributed by atoms with van der Waals surface area (Å²) in [5, 5.41) is -0.112. The smallest absolute Gasteiger partial charge is 0.419 e. The lowest BCUT2D eigenvalue weighted by Crippen LogP contribution is -2.25. The number of rotatable bonds is 6. The highest BCUT2D eigenvalue weighted by Gasteiger charge is 2.40. The van der Waals surface area contributed by atoms with Gasteiger partial charge >= 0.3 is 18.2 Å². The van der Waals surface area contributed by atoms with E-state index in [-0.39, 0.29) is 54.5 Å². The first-order chi connectivity index (χ1) is 20.2. The molecule has 1 aliphatic heterocycles. The maximum Gasteiger partial charge on any atom is 0.419 e. The van der Waals surface area contributed by atoms with Crippen LogP contribution in [0.4, 0.5) is 18.0 Å². The van der Waals surface area contributed by atoms with E-state index in [1.807, 2.05) is 30.3 Å². The zero-order valence-corrected chi connectivity index (χ0v) is 22.7. The summed E-state index contributed by atoms with van der Waals surface area (Å²) in [6.07, 6.45) is -4.18. The van der Waals surface area contributed by atoms with Gasteiger partial charge in [-0.15, -0.1) is 0 Å². The number of carbonyl (C=O) groups excluding carboxylic acids is 2. The first kappa shape index (κ1) is 27.6. The summed E-state index contributed by atoms with van der Waals surface area (Å²) in [7, 11) is 0. The van der Waals surface area contributed by atoms with Crippen LogP contribution in [0.5, 0.6) is 0 Å². The lowest BCUT2D eigenvalue weighted by molar-refractivity contribution is -0.136. The van der Waals surface area contributed by atoms with Crippen molar-refractivity contribution in [1.82, 2.24) is 9.47 Å². The first-order valence-corrected chi connectivity index (χ1v) is 13.7. The molecule has 0 N–H and O–H groups in total. The molecule has 0 bridgehead atoms. The molecule has 1 amide bonds. The third kappa shape index (κ3) is 5.13. The van der Waals surface area contributed by atoms with E-state index in [2.05, 4.69) is 0 Å². The van der Waals surface area contributed by atoms with Crippen molar-refractivity contribution < 1.29 is 32.2 Å². The van der Waals surface area contributed by atoms with Gasteiger partial charge in [0.05, 0.1) is 17.7 Å². The number of carbonyl (C=O) groups is 2. The van der Waals surface area contributed by atoms with Gasteiger partial charge in [0, 0.05) is 30.6 Å². The number of alkyl halides is 3. The summed E-state index contributed by atoms with van der Waals surface area (Å²) < 4.78 is 56.6. The predicted molar refractivity (Wildman–Crippen MR) is 149 cm³/mol. The van der Waals surface area contributed by atoms with Crippen LogP contribution in [0.25, 0.3) is 22.0 Å². The van der Waals surface area contributed by atoms with Gasteiger partial charge in [0.1, 0.15) is 12.3 Å². The molecule has 0 atom stereocenters.